The summed E-state index contributed by atoms with van der Waals surface area (Å²) in [5.74, 6) is 0.224. The van der Waals surface area contributed by atoms with Crippen molar-refractivity contribution in [2.75, 3.05) is 12.3 Å². The van der Waals surface area contributed by atoms with Gasteiger partial charge in [0.05, 0.1) is 0 Å². The van der Waals surface area contributed by atoms with Gasteiger partial charge in [0.2, 0.25) is 5.91 Å². The zero-order valence-electron chi connectivity index (χ0n) is 12.5. The third-order valence-electron chi connectivity index (χ3n) is 3.07. The second kappa shape index (κ2) is 8.52. The molecule has 4 nitrogen and oxygen atoms in total. The largest absolute Gasteiger partial charge is 0.278 e. The van der Waals surface area contributed by atoms with E-state index in [0.717, 1.165) is 0 Å². The molecule has 0 aromatic heterocycles. The molecule has 1 rings (SSSR count). The van der Waals surface area contributed by atoms with Crippen LogP contribution in [0.15, 0.2) is 36.9 Å². The highest BCUT2D eigenvalue weighted by Gasteiger charge is 2.21. The Morgan fingerprint density at radius 2 is 2.00 bits per heavy atom. The molecule has 5 heteroatoms. The molecular weight excluding hydrogens is 286 g/mol. The van der Waals surface area contributed by atoms with Gasteiger partial charge in [-0.3, -0.25) is 18.7 Å². The van der Waals surface area contributed by atoms with Gasteiger partial charge in [0, 0.05) is 41.3 Å². The van der Waals surface area contributed by atoms with Crippen LogP contribution in [0.4, 0.5) is 0 Å². The van der Waals surface area contributed by atoms with Crippen LogP contribution in [-0.2, 0) is 21.3 Å². The Morgan fingerprint density at radius 3 is 2.57 bits per heavy atom. The highest BCUT2D eigenvalue weighted by Crippen LogP contribution is 2.15. The molecule has 0 saturated carbocycles. The van der Waals surface area contributed by atoms with Gasteiger partial charge in [-0.1, -0.05) is 31.2 Å². The van der Waals surface area contributed by atoms with Crippen LogP contribution in [0.25, 0.3) is 0 Å². The number of nitrogens with zero attached hydrogens (tertiary/aromatic N) is 1. The van der Waals surface area contributed by atoms with E-state index in [9.17, 15) is 13.8 Å². The zero-order valence-corrected chi connectivity index (χ0v) is 13.3. The van der Waals surface area contributed by atoms with Crippen LogP contribution in [0.5, 0.6) is 0 Å². The summed E-state index contributed by atoms with van der Waals surface area (Å²) < 4.78 is 11.7. The third-order valence-corrected chi connectivity index (χ3v) is 4.35. The summed E-state index contributed by atoms with van der Waals surface area (Å²) in [6.45, 7) is 7.12. The summed E-state index contributed by atoms with van der Waals surface area (Å²) in [6, 6.07) is 7.01. The van der Waals surface area contributed by atoms with E-state index in [1.165, 1.54) is 11.8 Å². The highest BCUT2D eigenvalue weighted by atomic mass is 32.2. The maximum absolute atomic E-state index is 12.6. The molecule has 0 spiro atoms. The molecule has 114 valence electrons. The first kappa shape index (κ1) is 17.3. The van der Waals surface area contributed by atoms with Crippen molar-refractivity contribution in [3.05, 3.63) is 48.0 Å². The smallest absolute Gasteiger partial charge is 0.260 e. The molecular formula is C16H21NO3S. The van der Waals surface area contributed by atoms with Crippen LogP contribution in [0.2, 0.25) is 0 Å². The molecule has 1 aromatic rings. The molecule has 1 aromatic carbocycles. The van der Waals surface area contributed by atoms with E-state index in [0.29, 0.717) is 35.6 Å². The summed E-state index contributed by atoms with van der Waals surface area (Å²) in [5, 5.41) is 0. The van der Waals surface area contributed by atoms with Gasteiger partial charge in [-0.25, -0.2) is 0 Å². The Kier molecular flexibility index (Phi) is 7.02. The van der Waals surface area contributed by atoms with E-state index >= 15 is 0 Å². The summed E-state index contributed by atoms with van der Waals surface area (Å²) in [6.07, 6.45) is 2.22. The van der Waals surface area contributed by atoms with Crippen molar-refractivity contribution in [1.29, 1.82) is 0 Å². The number of carbonyl (C=O) groups excluding carboxylic acids is 2. The fourth-order valence-electron chi connectivity index (χ4n) is 1.90. The highest BCUT2D eigenvalue weighted by molar-refractivity contribution is 7.84. The SMILES string of the molecule is C=CCCN(C(C)=O)C(=O)c1ccccc1CS(=O)CC. The predicted molar refractivity (Wildman–Crippen MR) is 85.4 cm³/mol. The molecule has 0 fully saturated rings. The van der Waals surface area contributed by atoms with Crippen LogP contribution in [0.3, 0.4) is 0 Å². The predicted octanol–water partition coefficient (Wildman–Crippen LogP) is 2.52. The number of carbonyl (C=O) groups is 2. The van der Waals surface area contributed by atoms with E-state index in [4.69, 9.17) is 0 Å². The van der Waals surface area contributed by atoms with Crippen molar-refractivity contribution in [1.82, 2.24) is 4.90 Å². The van der Waals surface area contributed by atoms with Crippen LogP contribution in [-0.4, -0.2) is 33.2 Å². The summed E-state index contributed by atoms with van der Waals surface area (Å²) in [5.41, 5.74) is 1.16. The molecule has 0 saturated heterocycles. The van der Waals surface area contributed by atoms with Gasteiger partial charge in [-0.05, 0) is 18.1 Å². The molecule has 21 heavy (non-hydrogen) atoms. The summed E-state index contributed by atoms with van der Waals surface area (Å²) >= 11 is 0. The molecule has 0 aliphatic carbocycles. The quantitative estimate of drug-likeness (QED) is 0.727. The first-order valence-corrected chi connectivity index (χ1v) is 8.36. The lowest BCUT2D eigenvalue weighted by molar-refractivity contribution is -0.126. The minimum absolute atomic E-state index is 0.298. The topological polar surface area (TPSA) is 54.5 Å². The van der Waals surface area contributed by atoms with E-state index in [-0.39, 0.29) is 11.8 Å². The number of imide groups is 1. The van der Waals surface area contributed by atoms with Crippen molar-refractivity contribution >= 4 is 22.6 Å². The molecule has 0 aliphatic heterocycles. The van der Waals surface area contributed by atoms with Gasteiger partial charge in [0.1, 0.15) is 0 Å². The van der Waals surface area contributed by atoms with Gasteiger partial charge in [-0.15, -0.1) is 6.58 Å². The van der Waals surface area contributed by atoms with Crippen molar-refractivity contribution in [2.24, 2.45) is 0 Å². The summed E-state index contributed by atoms with van der Waals surface area (Å²) in [7, 11) is -1.01. The van der Waals surface area contributed by atoms with Gasteiger partial charge in [0.15, 0.2) is 0 Å². The second-order valence-electron chi connectivity index (χ2n) is 4.58. The van der Waals surface area contributed by atoms with Gasteiger partial charge < -0.3 is 0 Å². The van der Waals surface area contributed by atoms with Crippen molar-refractivity contribution in [2.45, 2.75) is 26.0 Å². The van der Waals surface area contributed by atoms with Gasteiger partial charge >= 0.3 is 0 Å². The maximum atomic E-state index is 12.6. The minimum Gasteiger partial charge on any atom is -0.278 e. The first-order chi connectivity index (χ1) is 10.0. The molecule has 0 heterocycles. The normalized spacial score (nSPS) is 11.7. The van der Waals surface area contributed by atoms with E-state index in [1.807, 2.05) is 6.92 Å². The zero-order chi connectivity index (χ0) is 15.8. The third kappa shape index (κ3) is 4.93. The number of benzene rings is 1. The second-order valence-corrected chi connectivity index (χ2v) is 6.33. The number of hydrogen-bond donors (Lipinski definition) is 0. The number of rotatable bonds is 7. The Morgan fingerprint density at radius 1 is 1.33 bits per heavy atom. The Bertz CT molecular complexity index is 554. The number of hydrogen-bond acceptors (Lipinski definition) is 3. The molecule has 2 amide bonds. The first-order valence-electron chi connectivity index (χ1n) is 6.87. The molecule has 0 bridgehead atoms. The van der Waals surface area contributed by atoms with Crippen LogP contribution in [0.1, 0.15) is 36.2 Å². The Labute approximate surface area is 128 Å². The lowest BCUT2D eigenvalue weighted by atomic mass is 10.1. The maximum Gasteiger partial charge on any atom is 0.260 e. The molecule has 0 N–H and O–H groups in total. The fourth-order valence-corrected chi connectivity index (χ4v) is 2.70. The monoisotopic (exact) mass is 307 g/mol. The van der Waals surface area contributed by atoms with Crippen LogP contribution in [0, 0.1) is 0 Å². The van der Waals surface area contributed by atoms with Gasteiger partial charge in [0.25, 0.3) is 5.91 Å². The van der Waals surface area contributed by atoms with E-state index in [2.05, 4.69) is 6.58 Å². The van der Waals surface area contributed by atoms with Crippen LogP contribution < -0.4 is 0 Å². The van der Waals surface area contributed by atoms with Crippen molar-refractivity contribution in [3.63, 3.8) is 0 Å². The fraction of sp³-hybridized carbons (Fsp3) is 0.375. The van der Waals surface area contributed by atoms with Crippen molar-refractivity contribution in [3.8, 4) is 0 Å². The molecule has 1 atom stereocenters. The standard InChI is InChI=1S/C16H21NO3S/c1-4-6-11-17(13(3)18)16(19)15-10-8-7-9-14(15)12-21(20)5-2/h4,7-10H,1,5-6,11-12H2,2-3H3. The molecule has 0 aliphatic rings. The molecule has 1 unspecified atom stereocenters. The Balaban J connectivity index is 3.06. The minimum atomic E-state index is -1.01. The summed E-state index contributed by atoms with van der Waals surface area (Å²) in [4.78, 5) is 25.4. The Hall–Kier alpha value is -1.75. The van der Waals surface area contributed by atoms with Crippen LogP contribution >= 0.6 is 0 Å². The average Bonchev–Trinajstić information content (AvgIpc) is 2.47. The number of amides is 2. The lowest BCUT2D eigenvalue weighted by Crippen LogP contribution is -2.36. The average molecular weight is 307 g/mol. The lowest BCUT2D eigenvalue weighted by Gasteiger charge is -2.20. The molecule has 0 radical (unpaired) electrons. The van der Waals surface area contributed by atoms with Crippen molar-refractivity contribution < 1.29 is 13.8 Å². The van der Waals surface area contributed by atoms with Gasteiger partial charge in [-0.2, -0.15) is 0 Å². The van der Waals surface area contributed by atoms with E-state index in [1.54, 1.807) is 30.3 Å². The van der Waals surface area contributed by atoms with E-state index < -0.39 is 10.8 Å².